The molecule has 0 spiro atoms. The number of nitrogens with zero attached hydrogens (tertiary/aromatic N) is 2. The maximum absolute atomic E-state index is 11.4. The third-order valence-electron chi connectivity index (χ3n) is 1.28. The van der Waals surface area contributed by atoms with Gasteiger partial charge in [-0.3, -0.25) is 0 Å². The van der Waals surface area contributed by atoms with Crippen molar-refractivity contribution in [2.75, 3.05) is 13.7 Å². The Morgan fingerprint density at radius 3 is 2.38 bits per heavy atom. The Morgan fingerprint density at radius 2 is 1.94 bits per heavy atom. The fraction of sp³-hybridized carbons (Fsp3) is 0.700. The van der Waals surface area contributed by atoms with Crippen LogP contribution in [0.1, 0.15) is 27.7 Å². The van der Waals surface area contributed by atoms with Crippen molar-refractivity contribution in [3.05, 3.63) is 0 Å². The molecule has 0 aromatic carbocycles. The molecule has 0 N–H and O–H groups in total. The van der Waals surface area contributed by atoms with E-state index in [-0.39, 0.29) is 6.61 Å². The minimum Gasteiger partial charge on any atom is -0.462 e. The van der Waals surface area contributed by atoms with Crippen LogP contribution in [0.3, 0.4) is 0 Å². The van der Waals surface area contributed by atoms with Gasteiger partial charge in [-0.25, -0.2) is 14.6 Å². The second-order valence-electron chi connectivity index (χ2n) is 4.00. The van der Waals surface area contributed by atoms with Crippen molar-refractivity contribution >= 4 is 18.3 Å². The lowest BCUT2D eigenvalue weighted by Crippen LogP contribution is -2.31. The Labute approximate surface area is 95.2 Å². The Hall–Kier alpha value is -1.59. The fourth-order valence-electron chi connectivity index (χ4n) is 0.688. The second kappa shape index (κ2) is 6.09. The number of hydrogen-bond donors (Lipinski definition) is 0. The molecule has 16 heavy (non-hydrogen) atoms. The van der Waals surface area contributed by atoms with Gasteiger partial charge in [0, 0.05) is 7.05 Å². The number of hydrogen-bond acceptors (Lipinski definition) is 5. The largest absolute Gasteiger partial charge is 0.462 e. The Morgan fingerprint density at radius 1 is 1.38 bits per heavy atom. The first-order chi connectivity index (χ1) is 7.26. The van der Waals surface area contributed by atoms with Crippen LogP contribution in [0.15, 0.2) is 5.10 Å². The molecule has 0 fully saturated rings. The first-order valence-corrected chi connectivity index (χ1v) is 4.93. The van der Waals surface area contributed by atoms with E-state index >= 15 is 0 Å². The number of carbonyl (C=O) groups excluding carboxylic acids is 2. The van der Waals surface area contributed by atoms with Crippen LogP contribution in [0.25, 0.3) is 0 Å². The first-order valence-electron chi connectivity index (χ1n) is 4.93. The highest BCUT2D eigenvalue weighted by atomic mass is 16.6. The molecule has 0 aromatic heterocycles. The summed E-state index contributed by atoms with van der Waals surface area (Å²) in [5.74, 6) is -0.599. The van der Waals surface area contributed by atoms with Gasteiger partial charge in [0.05, 0.1) is 6.61 Å². The van der Waals surface area contributed by atoms with Crippen LogP contribution in [-0.2, 0) is 14.3 Å². The van der Waals surface area contributed by atoms with Crippen LogP contribution < -0.4 is 0 Å². The minimum absolute atomic E-state index is 0.265. The van der Waals surface area contributed by atoms with Crippen LogP contribution in [-0.4, -0.2) is 42.5 Å². The third kappa shape index (κ3) is 6.80. The van der Waals surface area contributed by atoms with Gasteiger partial charge in [-0.05, 0) is 27.7 Å². The molecule has 0 aromatic rings. The van der Waals surface area contributed by atoms with E-state index in [9.17, 15) is 9.59 Å². The van der Waals surface area contributed by atoms with Crippen LogP contribution in [0, 0.1) is 0 Å². The van der Waals surface area contributed by atoms with Gasteiger partial charge in [-0.2, -0.15) is 5.10 Å². The summed E-state index contributed by atoms with van der Waals surface area (Å²) in [5.41, 5.74) is -0.592. The number of rotatable bonds is 3. The van der Waals surface area contributed by atoms with Crippen molar-refractivity contribution in [2.24, 2.45) is 5.10 Å². The summed E-state index contributed by atoms with van der Waals surface area (Å²) in [6.45, 7) is 7.18. The monoisotopic (exact) mass is 230 g/mol. The number of ether oxygens (including phenoxy) is 2. The van der Waals surface area contributed by atoms with Crippen molar-refractivity contribution < 1.29 is 19.1 Å². The summed E-state index contributed by atoms with van der Waals surface area (Å²) in [4.78, 5) is 22.3. The molecule has 0 heterocycles. The summed E-state index contributed by atoms with van der Waals surface area (Å²) in [5, 5.41) is 4.52. The smallest absolute Gasteiger partial charge is 0.430 e. The van der Waals surface area contributed by atoms with Gasteiger partial charge in [0.1, 0.15) is 11.8 Å². The van der Waals surface area contributed by atoms with Gasteiger partial charge >= 0.3 is 12.1 Å². The molecular weight excluding hydrogens is 212 g/mol. The maximum Gasteiger partial charge on any atom is 0.430 e. The molecule has 1 amide bonds. The van der Waals surface area contributed by atoms with Gasteiger partial charge in [0.2, 0.25) is 0 Å². The Kier molecular flexibility index (Phi) is 5.49. The lowest BCUT2D eigenvalue weighted by atomic mass is 10.2. The van der Waals surface area contributed by atoms with Gasteiger partial charge in [0.15, 0.2) is 0 Å². The molecule has 0 aliphatic carbocycles. The SMILES string of the molecule is CCOC(=O)/C=N/N(C)C(=O)OC(C)(C)C. The predicted octanol–water partition coefficient (Wildman–Crippen LogP) is 1.40. The maximum atomic E-state index is 11.4. The molecule has 0 aliphatic rings. The van der Waals surface area contributed by atoms with Crippen molar-refractivity contribution in [3.63, 3.8) is 0 Å². The molecule has 0 radical (unpaired) electrons. The quantitative estimate of drug-likeness (QED) is 0.417. The van der Waals surface area contributed by atoms with E-state index in [0.29, 0.717) is 0 Å². The van der Waals surface area contributed by atoms with Gasteiger partial charge < -0.3 is 9.47 Å². The van der Waals surface area contributed by atoms with Crippen molar-refractivity contribution in [3.8, 4) is 0 Å². The van der Waals surface area contributed by atoms with Crippen LogP contribution in [0.5, 0.6) is 0 Å². The third-order valence-corrected chi connectivity index (χ3v) is 1.28. The summed E-state index contributed by atoms with van der Waals surface area (Å²) < 4.78 is 9.62. The zero-order chi connectivity index (χ0) is 12.8. The normalized spacial score (nSPS) is 11.3. The van der Waals surface area contributed by atoms with E-state index in [1.807, 2.05) is 0 Å². The molecule has 0 unspecified atom stereocenters. The topological polar surface area (TPSA) is 68.2 Å². The average molecular weight is 230 g/mol. The molecule has 0 atom stereocenters. The van der Waals surface area contributed by atoms with Gasteiger partial charge in [0.25, 0.3) is 0 Å². The summed E-state index contributed by atoms with van der Waals surface area (Å²) in [7, 11) is 1.39. The van der Waals surface area contributed by atoms with Crippen molar-refractivity contribution in [1.82, 2.24) is 5.01 Å². The molecule has 0 saturated heterocycles. The molecule has 92 valence electrons. The zero-order valence-electron chi connectivity index (χ0n) is 10.3. The van der Waals surface area contributed by atoms with Crippen LogP contribution in [0.2, 0.25) is 0 Å². The van der Waals surface area contributed by atoms with Crippen molar-refractivity contribution in [1.29, 1.82) is 0 Å². The highest BCUT2D eigenvalue weighted by Gasteiger charge is 2.19. The highest BCUT2D eigenvalue weighted by molar-refractivity contribution is 6.23. The van der Waals surface area contributed by atoms with Gasteiger partial charge in [-0.15, -0.1) is 0 Å². The number of hydrazone groups is 1. The van der Waals surface area contributed by atoms with Crippen LogP contribution in [0.4, 0.5) is 4.79 Å². The van der Waals surface area contributed by atoms with E-state index in [4.69, 9.17) is 4.74 Å². The van der Waals surface area contributed by atoms with Crippen LogP contribution >= 0.6 is 0 Å². The van der Waals surface area contributed by atoms with E-state index in [2.05, 4.69) is 9.84 Å². The highest BCUT2D eigenvalue weighted by Crippen LogP contribution is 2.08. The molecular formula is C10H18N2O4. The Bertz CT molecular complexity index is 281. The second-order valence-corrected chi connectivity index (χ2v) is 4.00. The number of carbonyl (C=O) groups is 2. The van der Waals surface area contributed by atoms with E-state index in [1.54, 1.807) is 27.7 Å². The van der Waals surface area contributed by atoms with Gasteiger partial charge in [-0.1, -0.05) is 0 Å². The predicted molar refractivity (Wildman–Crippen MR) is 59.1 cm³/mol. The zero-order valence-corrected chi connectivity index (χ0v) is 10.3. The molecule has 0 saturated carbocycles. The fourth-order valence-corrected chi connectivity index (χ4v) is 0.688. The molecule has 6 heteroatoms. The van der Waals surface area contributed by atoms with E-state index < -0.39 is 17.7 Å². The standard InChI is InChI=1S/C10H18N2O4/c1-6-15-8(13)7-11-12(5)9(14)16-10(2,3)4/h7H,6H2,1-5H3/b11-7+. The summed E-state index contributed by atoms with van der Waals surface area (Å²) in [6, 6.07) is 0. The molecule has 6 nitrogen and oxygen atoms in total. The minimum atomic E-state index is -0.631. The lowest BCUT2D eigenvalue weighted by molar-refractivity contribution is -0.134. The molecule has 0 bridgehead atoms. The molecule has 0 aliphatic heterocycles. The molecule has 0 rings (SSSR count). The number of amides is 1. The number of esters is 1. The summed E-state index contributed by atoms with van der Waals surface area (Å²) in [6.07, 6.45) is 0.293. The Balaban J connectivity index is 4.20. The van der Waals surface area contributed by atoms with Crippen molar-refractivity contribution in [2.45, 2.75) is 33.3 Å². The van der Waals surface area contributed by atoms with E-state index in [1.165, 1.54) is 7.05 Å². The summed E-state index contributed by atoms with van der Waals surface area (Å²) >= 11 is 0. The van der Waals surface area contributed by atoms with E-state index in [0.717, 1.165) is 11.2 Å². The lowest BCUT2D eigenvalue weighted by Gasteiger charge is -2.21. The first kappa shape index (κ1) is 14.4. The average Bonchev–Trinajstić information content (AvgIpc) is 2.11.